The predicted molar refractivity (Wildman–Crippen MR) is 112 cm³/mol. The largest absolute Gasteiger partial charge is 0.357 e. The smallest absolute Gasteiger partial charge is 0.223 e. The highest BCUT2D eigenvalue weighted by Crippen LogP contribution is 2.25. The number of anilines is 1. The highest BCUT2D eigenvalue weighted by Gasteiger charge is 2.25. The SMILES string of the molecule is CCNC(=NCc1noc(C)n1)NC1CCN(c2ncccc2Cl)C1.I. The number of aliphatic imine (C=N–C) groups is 1. The maximum absolute atomic E-state index is 6.24. The average molecular weight is 492 g/mol. The Balaban J connectivity index is 0.00000243. The number of hydrogen-bond donors (Lipinski definition) is 2. The van der Waals surface area contributed by atoms with Crippen molar-refractivity contribution in [1.29, 1.82) is 0 Å². The van der Waals surface area contributed by atoms with Crippen molar-refractivity contribution in [3.8, 4) is 0 Å². The third kappa shape index (κ3) is 5.44. The molecule has 1 aliphatic heterocycles. The molecule has 1 unspecified atom stereocenters. The Morgan fingerprint density at radius 2 is 2.35 bits per heavy atom. The fraction of sp³-hybridized carbons (Fsp3) is 0.500. The number of nitrogens with one attached hydrogen (secondary N) is 2. The van der Waals surface area contributed by atoms with Crippen molar-refractivity contribution in [2.24, 2.45) is 4.99 Å². The zero-order valence-corrected chi connectivity index (χ0v) is 17.9. The van der Waals surface area contributed by atoms with Crippen LogP contribution in [0.15, 0.2) is 27.8 Å². The minimum Gasteiger partial charge on any atom is -0.357 e. The molecule has 3 rings (SSSR count). The first-order chi connectivity index (χ1) is 12.2. The molecular weight excluding hydrogens is 469 g/mol. The van der Waals surface area contributed by atoms with Crippen LogP contribution in [0.1, 0.15) is 25.1 Å². The molecule has 0 saturated carbocycles. The lowest BCUT2D eigenvalue weighted by Gasteiger charge is -2.20. The maximum atomic E-state index is 6.24. The van der Waals surface area contributed by atoms with Gasteiger partial charge in [-0.3, -0.25) is 0 Å². The second kappa shape index (κ2) is 9.91. The third-order valence-electron chi connectivity index (χ3n) is 3.86. The van der Waals surface area contributed by atoms with Crippen molar-refractivity contribution in [2.45, 2.75) is 32.9 Å². The maximum Gasteiger partial charge on any atom is 0.223 e. The molecule has 0 aliphatic carbocycles. The average Bonchev–Trinajstić information content (AvgIpc) is 3.22. The Bertz CT molecular complexity index is 739. The standard InChI is InChI=1S/C16H22ClN7O.HI/c1-3-18-16(20-9-14-21-11(2)25-23-14)22-12-6-8-24(10-12)15-13(17)5-4-7-19-15;/h4-5,7,12H,3,6,8-10H2,1-2H3,(H2,18,20,22);1H. The van der Waals surface area contributed by atoms with Gasteiger partial charge in [0.1, 0.15) is 12.4 Å². The summed E-state index contributed by atoms with van der Waals surface area (Å²) in [5, 5.41) is 11.2. The number of aromatic nitrogens is 3. The summed E-state index contributed by atoms with van der Waals surface area (Å²) in [6.45, 7) is 6.67. The molecule has 0 spiro atoms. The van der Waals surface area contributed by atoms with E-state index in [-0.39, 0.29) is 30.0 Å². The Morgan fingerprint density at radius 3 is 3.04 bits per heavy atom. The molecule has 8 nitrogen and oxygen atoms in total. The van der Waals surface area contributed by atoms with Crippen molar-refractivity contribution in [3.05, 3.63) is 35.1 Å². The van der Waals surface area contributed by atoms with Crippen molar-refractivity contribution in [2.75, 3.05) is 24.5 Å². The molecule has 0 aromatic carbocycles. The highest BCUT2D eigenvalue weighted by molar-refractivity contribution is 14.0. The molecule has 1 atom stereocenters. The monoisotopic (exact) mass is 491 g/mol. The summed E-state index contributed by atoms with van der Waals surface area (Å²) in [6.07, 6.45) is 2.75. The zero-order valence-electron chi connectivity index (χ0n) is 14.8. The van der Waals surface area contributed by atoms with Crippen LogP contribution in [0.2, 0.25) is 5.02 Å². The summed E-state index contributed by atoms with van der Waals surface area (Å²) in [4.78, 5) is 15.3. The molecular formula is C16H23ClIN7O. The molecule has 0 bridgehead atoms. The van der Waals surface area contributed by atoms with Gasteiger partial charge in [-0.1, -0.05) is 16.8 Å². The van der Waals surface area contributed by atoms with Crippen LogP contribution in [0.3, 0.4) is 0 Å². The van der Waals surface area contributed by atoms with E-state index < -0.39 is 0 Å². The molecule has 2 aromatic rings. The van der Waals surface area contributed by atoms with Crippen LogP contribution in [0, 0.1) is 6.92 Å². The number of rotatable bonds is 5. The van der Waals surface area contributed by atoms with Gasteiger partial charge in [-0.15, -0.1) is 24.0 Å². The van der Waals surface area contributed by atoms with E-state index in [4.69, 9.17) is 16.1 Å². The van der Waals surface area contributed by atoms with Gasteiger partial charge in [-0.2, -0.15) is 4.98 Å². The molecule has 142 valence electrons. The number of guanidine groups is 1. The Morgan fingerprint density at radius 1 is 1.50 bits per heavy atom. The molecule has 26 heavy (non-hydrogen) atoms. The summed E-state index contributed by atoms with van der Waals surface area (Å²) in [5.74, 6) is 2.69. The lowest BCUT2D eigenvalue weighted by atomic mass is 10.3. The molecule has 2 N–H and O–H groups in total. The molecule has 0 amide bonds. The van der Waals surface area contributed by atoms with E-state index in [1.807, 2.05) is 19.1 Å². The second-order valence-corrected chi connectivity index (χ2v) is 6.22. The summed E-state index contributed by atoms with van der Waals surface area (Å²) >= 11 is 6.24. The molecule has 3 heterocycles. The summed E-state index contributed by atoms with van der Waals surface area (Å²) in [5.41, 5.74) is 0. The van der Waals surface area contributed by atoms with Crippen molar-refractivity contribution >= 4 is 47.4 Å². The molecule has 0 radical (unpaired) electrons. The van der Waals surface area contributed by atoms with Crippen LogP contribution in [-0.2, 0) is 6.54 Å². The van der Waals surface area contributed by atoms with E-state index in [2.05, 4.69) is 35.7 Å². The van der Waals surface area contributed by atoms with Gasteiger partial charge in [0.25, 0.3) is 0 Å². The van der Waals surface area contributed by atoms with Crippen molar-refractivity contribution in [3.63, 3.8) is 0 Å². The summed E-state index contributed by atoms with van der Waals surface area (Å²) in [6, 6.07) is 3.97. The van der Waals surface area contributed by atoms with Crippen LogP contribution >= 0.6 is 35.6 Å². The Hall–Kier alpha value is -1.62. The minimum absolute atomic E-state index is 0. The topological polar surface area (TPSA) is 91.5 Å². The van der Waals surface area contributed by atoms with Crippen LogP contribution < -0.4 is 15.5 Å². The first-order valence-electron chi connectivity index (χ1n) is 8.35. The second-order valence-electron chi connectivity index (χ2n) is 5.81. The van der Waals surface area contributed by atoms with Gasteiger partial charge in [0.2, 0.25) is 5.89 Å². The van der Waals surface area contributed by atoms with Crippen LogP contribution in [0.4, 0.5) is 5.82 Å². The lowest BCUT2D eigenvalue weighted by molar-refractivity contribution is 0.387. The van der Waals surface area contributed by atoms with Gasteiger partial charge >= 0.3 is 0 Å². The fourth-order valence-corrected chi connectivity index (χ4v) is 2.99. The zero-order chi connectivity index (χ0) is 17.6. The van der Waals surface area contributed by atoms with Crippen LogP contribution in [0.5, 0.6) is 0 Å². The van der Waals surface area contributed by atoms with Gasteiger partial charge in [0.05, 0.1) is 5.02 Å². The van der Waals surface area contributed by atoms with E-state index in [9.17, 15) is 0 Å². The normalized spacial score (nSPS) is 17.1. The van der Waals surface area contributed by atoms with Crippen molar-refractivity contribution < 1.29 is 4.52 Å². The number of hydrogen-bond acceptors (Lipinski definition) is 6. The van der Waals surface area contributed by atoms with Gasteiger partial charge in [-0.05, 0) is 25.5 Å². The van der Waals surface area contributed by atoms with E-state index in [0.29, 0.717) is 23.3 Å². The Kier molecular flexibility index (Phi) is 7.88. The quantitative estimate of drug-likeness (QED) is 0.377. The number of nitrogens with zero attached hydrogens (tertiary/aromatic N) is 5. The number of pyridine rings is 1. The first kappa shape index (κ1) is 20.7. The predicted octanol–water partition coefficient (Wildman–Crippen LogP) is 2.38. The lowest BCUT2D eigenvalue weighted by Crippen LogP contribution is -2.44. The summed E-state index contributed by atoms with van der Waals surface area (Å²) < 4.78 is 4.97. The minimum atomic E-state index is 0. The number of aryl methyl sites for hydroxylation is 1. The molecule has 1 aliphatic rings. The van der Waals surface area contributed by atoms with E-state index in [1.165, 1.54) is 0 Å². The molecule has 2 aromatic heterocycles. The van der Waals surface area contributed by atoms with Gasteiger partial charge in [-0.25, -0.2) is 9.98 Å². The fourth-order valence-electron chi connectivity index (χ4n) is 2.75. The summed E-state index contributed by atoms with van der Waals surface area (Å²) in [7, 11) is 0. The first-order valence-corrected chi connectivity index (χ1v) is 8.73. The van der Waals surface area contributed by atoms with Crippen molar-refractivity contribution in [1.82, 2.24) is 25.8 Å². The van der Waals surface area contributed by atoms with E-state index in [0.717, 1.165) is 37.8 Å². The van der Waals surface area contributed by atoms with Gasteiger partial charge < -0.3 is 20.1 Å². The number of halogens is 2. The highest BCUT2D eigenvalue weighted by atomic mass is 127. The third-order valence-corrected chi connectivity index (χ3v) is 4.16. The molecule has 1 fully saturated rings. The van der Waals surface area contributed by atoms with E-state index >= 15 is 0 Å². The van der Waals surface area contributed by atoms with Gasteiger partial charge in [0.15, 0.2) is 11.8 Å². The van der Waals surface area contributed by atoms with Crippen LogP contribution in [-0.4, -0.2) is 46.8 Å². The van der Waals surface area contributed by atoms with Crippen LogP contribution in [0.25, 0.3) is 0 Å². The van der Waals surface area contributed by atoms with Gasteiger partial charge in [0, 0.05) is 38.8 Å². The van der Waals surface area contributed by atoms with E-state index in [1.54, 1.807) is 13.1 Å². The molecule has 1 saturated heterocycles. The Labute approximate surface area is 174 Å². The molecule has 10 heteroatoms.